The van der Waals surface area contributed by atoms with Gasteiger partial charge in [-0.3, -0.25) is 4.79 Å². The number of halogens is 1. The van der Waals surface area contributed by atoms with E-state index in [1.54, 1.807) is 30.3 Å². The van der Waals surface area contributed by atoms with Gasteiger partial charge < -0.3 is 4.74 Å². The summed E-state index contributed by atoms with van der Waals surface area (Å²) in [6.45, 7) is 0. The molecule has 0 aliphatic carbocycles. The molecule has 0 unspecified atom stereocenters. The van der Waals surface area contributed by atoms with Crippen molar-refractivity contribution < 1.29 is 17.9 Å². The van der Waals surface area contributed by atoms with E-state index in [0.717, 1.165) is 0 Å². The van der Waals surface area contributed by atoms with Crippen LogP contribution in [0.1, 0.15) is 10.4 Å². The molecule has 0 amide bonds. The molecule has 6 heteroatoms. The molecule has 0 bridgehead atoms. The number of para-hydroxylation sites is 1. The van der Waals surface area contributed by atoms with E-state index in [4.69, 9.17) is 16.3 Å². The van der Waals surface area contributed by atoms with E-state index < -0.39 is 21.4 Å². The Balaban J connectivity index is 2.29. The fourth-order valence-electron chi connectivity index (χ4n) is 1.85. The lowest BCUT2D eigenvalue weighted by molar-refractivity contribution is 0.102. The van der Waals surface area contributed by atoms with Crippen LogP contribution in [0.25, 0.3) is 0 Å². The maximum atomic E-state index is 12.3. The number of ether oxygens (including phenoxy) is 1. The third-order valence-corrected chi connectivity index (χ3v) is 4.79. The van der Waals surface area contributed by atoms with Crippen LogP contribution in [0.5, 0.6) is 5.75 Å². The second-order valence-electron chi connectivity index (χ2n) is 4.34. The normalized spacial score (nSPS) is 11.1. The summed E-state index contributed by atoms with van der Waals surface area (Å²) in [6, 6.07) is 12.3. The van der Waals surface area contributed by atoms with Gasteiger partial charge in [0.2, 0.25) is 0 Å². The zero-order valence-electron chi connectivity index (χ0n) is 11.2. The van der Waals surface area contributed by atoms with Crippen molar-refractivity contribution >= 4 is 27.2 Å². The zero-order valence-corrected chi connectivity index (χ0v) is 12.8. The van der Waals surface area contributed by atoms with Crippen LogP contribution in [0.2, 0.25) is 5.02 Å². The molecule has 4 nitrogen and oxygen atoms in total. The van der Waals surface area contributed by atoms with Gasteiger partial charge in [-0.05, 0) is 36.4 Å². The van der Waals surface area contributed by atoms with Crippen LogP contribution in [0, 0.1) is 0 Å². The van der Waals surface area contributed by atoms with E-state index in [9.17, 15) is 13.2 Å². The summed E-state index contributed by atoms with van der Waals surface area (Å²) in [6.07, 6.45) is 0. The number of carbonyl (C=O) groups excluding carboxylic acids is 1. The number of ketones is 1. The molecular formula is C15H13ClO4S. The molecular weight excluding hydrogens is 312 g/mol. The molecule has 0 aromatic heterocycles. The van der Waals surface area contributed by atoms with Gasteiger partial charge in [0.05, 0.1) is 7.11 Å². The summed E-state index contributed by atoms with van der Waals surface area (Å²) in [5.41, 5.74) is 0.304. The van der Waals surface area contributed by atoms with Gasteiger partial charge in [0.25, 0.3) is 0 Å². The van der Waals surface area contributed by atoms with Crippen LogP contribution < -0.4 is 4.74 Å². The van der Waals surface area contributed by atoms with Crippen molar-refractivity contribution in [1.82, 2.24) is 0 Å². The summed E-state index contributed by atoms with van der Waals surface area (Å²) in [5.74, 6) is -0.881. The van der Waals surface area contributed by atoms with Crippen molar-refractivity contribution in [3.8, 4) is 5.75 Å². The Hall–Kier alpha value is -1.85. The molecule has 0 aliphatic heterocycles. The lowest BCUT2D eigenvalue weighted by Crippen LogP contribution is -2.17. The van der Waals surface area contributed by atoms with Crippen molar-refractivity contribution in [1.29, 1.82) is 0 Å². The number of sulfone groups is 1. The van der Waals surface area contributed by atoms with E-state index in [0.29, 0.717) is 10.6 Å². The van der Waals surface area contributed by atoms with Gasteiger partial charge in [-0.2, -0.15) is 0 Å². The van der Waals surface area contributed by atoms with Crippen LogP contribution in [0.3, 0.4) is 0 Å². The van der Waals surface area contributed by atoms with Gasteiger partial charge in [-0.1, -0.05) is 23.7 Å². The lowest BCUT2D eigenvalue weighted by atomic mass is 10.1. The van der Waals surface area contributed by atoms with Gasteiger partial charge in [-0.15, -0.1) is 0 Å². The highest BCUT2D eigenvalue weighted by molar-refractivity contribution is 7.92. The highest BCUT2D eigenvalue weighted by Gasteiger charge is 2.23. The SMILES string of the molecule is COc1ccccc1S(=O)(=O)CC(=O)c1ccc(Cl)cc1. The number of methoxy groups -OCH3 is 1. The first-order valence-corrected chi connectivity index (χ1v) is 8.11. The number of Topliss-reactive ketones (excluding diaryl/α,β-unsaturated/α-hetero) is 1. The number of benzene rings is 2. The van der Waals surface area contributed by atoms with E-state index in [1.807, 2.05) is 0 Å². The molecule has 0 fully saturated rings. The van der Waals surface area contributed by atoms with E-state index in [1.165, 1.54) is 25.3 Å². The predicted molar refractivity (Wildman–Crippen MR) is 80.8 cm³/mol. The van der Waals surface area contributed by atoms with Crippen molar-refractivity contribution in [3.05, 3.63) is 59.1 Å². The van der Waals surface area contributed by atoms with Gasteiger partial charge in [0.15, 0.2) is 15.6 Å². The van der Waals surface area contributed by atoms with Crippen LogP contribution in [0.15, 0.2) is 53.4 Å². The molecule has 0 atom stereocenters. The Labute approximate surface area is 128 Å². The summed E-state index contributed by atoms with van der Waals surface area (Å²) < 4.78 is 29.7. The Morgan fingerprint density at radius 2 is 1.71 bits per heavy atom. The Kier molecular flexibility index (Phi) is 4.65. The summed E-state index contributed by atoms with van der Waals surface area (Å²) in [7, 11) is -2.38. The number of hydrogen-bond donors (Lipinski definition) is 0. The number of hydrogen-bond acceptors (Lipinski definition) is 4. The molecule has 0 heterocycles. The summed E-state index contributed by atoms with van der Waals surface area (Å²) in [4.78, 5) is 12.1. The van der Waals surface area contributed by atoms with Crippen LogP contribution in [-0.2, 0) is 9.84 Å². The van der Waals surface area contributed by atoms with Crippen LogP contribution in [0.4, 0.5) is 0 Å². The molecule has 0 spiro atoms. The molecule has 0 saturated carbocycles. The summed E-state index contributed by atoms with van der Waals surface area (Å²) in [5, 5.41) is 0.485. The first-order valence-electron chi connectivity index (χ1n) is 6.08. The maximum absolute atomic E-state index is 12.3. The van der Waals surface area contributed by atoms with Crippen molar-refractivity contribution in [2.75, 3.05) is 12.9 Å². The van der Waals surface area contributed by atoms with Crippen molar-refractivity contribution in [2.45, 2.75) is 4.90 Å². The van der Waals surface area contributed by atoms with Crippen molar-refractivity contribution in [3.63, 3.8) is 0 Å². The monoisotopic (exact) mass is 324 g/mol. The first kappa shape index (κ1) is 15.5. The quantitative estimate of drug-likeness (QED) is 0.793. The molecule has 0 N–H and O–H groups in total. The van der Waals surface area contributed by atoms with Crippen LogP contribution in [-0.4, -0.2) is 27.1 Å². The standard InChI is InChI=1S/C15H13ClO4S/c1-20-14-4-2-3-5-15(14)21(18,19)10-13(17)11-6-8-12(16)9-7-11/h2-9H,10H2,1H3. The molecule has 0 aliphatic rings. The minimum atomic E-state index is -3.77. The van der Waals surface area contributed by atoms with Gasteiger partial charge in [0.1, 0.15) is 16.4 Å². The van der Waals surface area contributed by atoms with E-state index >= 15 is 0 Å². The molecule has 21 heavy (non-hydrogen) atoms. The minimum absolute atomic E-state index is 0.00909. The highest BCUT2D eigenvalue weighted by Crippen LogP contribution is 2.24. The Bertz CT molecular complexity index is 751. The lowest BCUT2D eigenvalue weighted by Gasteiger charge is -2.08. The topological polar surface area (TPSA) is 60.4 Å². The average Bonchev–Trinajstić information content (AvgIpc) is 2.47. The summed E-state index contributed by atoms with van der Waals surface area (Å²) >= 11 is 5.74. The predicted octanol–water partition coefficient (Wildman–Crippen LogP) is 3.01. The Morgan fingerprint density at radius 1 is 1.10 bits per heavy atom. The largest absolute Gasteiger partial charge is 0.495 e. The third-order valence-electron chi connectivity index (χ3n) is 2.89. The van der Waals surface area contributed by atoms with E-state index in [2.05, 4.69) is 0 Å². The second-order valence-corrected chi connectivity index (χ2v) is 6.73. The number of rotatable bonds is 5. The molecule has 110 valence electrons. The van der Waals surface area contributed by atoms with Gasteiger partial charge in [0, 0.05) is 10.6 Å². The second kappa shape index (κ2) is 6.28. The maximum Gasteiger partial charge on any atom is 0.189 e. The fraction of sp³-hybridized carbons (Fsp3) is 0.133. The number of carbonyl (C=O) groups is 1. The smallest absolute Gasteiger partial charge is 0.189 e. The van der Waals surface area contributed by atoms with Gasteiger partial charge in [-0.25, -0.2) is 8.42 Å². The highest BCUT2D eigenvalue weighted by atomic mass is 35.5. The Morgan fingerprint density at radius 3 is 2.33 bits per heavy atom. The molecule has 2 aromatic rings. The fourth-order valence-corrected chi connectivity index (χ4v) is 3.38. The molecule has 0 radical (unpaired) electrons. The average molecular weight is 325 g/mol. The van der Waals surface area contributed by atoms with Gasteiger partial charge >= 0.3 is 0 Å². The molecule has 0 saturated heterocycles. The third kappa shape index (κ3) is 3.62. The zero-order chi connectivity index (χ0) is 15.5. The molecule has 2 aromatic carbocycles. The first-order chi connectivity index (χ1) is 9.94. The molecule has 2 rings (SSSR count). The minimum Gasteiger partial charge on any atom is -0.495 e. The van der Waals surface area contributed by atoms with E-state index in [-0.39, 0.29) is 10.6 Å². The van der Waals surface area contributed by atoms with Crippen molar-refractivity contribution in [2.24, 2.45) is 0 Å². The van der Waals surface area contributed by atoms with Crippen LogP contribution >= 0.6 is 11.6 Å².